The minimum atomic E-state index is -0.109. The second-order valence-electron chi connectivity index (χ2n) is 6.32. The van der Waals surface area contributed by atoms with Crippen LogP contribution in [0.1, 0.15) is 5.56 Å². The van der Waals surface area contributed by atoms with Gasteiger partial charge in [0.1, 0.15) is 5.75 Å². The van der Waals surface area contributed by atoms with Crippen LogP contribution in [-0.2, 0) is 4.79 Å². The molecule has 0 saturated heterocycles. The Morgan fingerprint density at radius 2 is 1.86 bits per heavy atom. The molecule has 1 N–H and O–H groups in total. The molecule has 146 valence electrons. The van der Waals surface area contributed by atoms with Gasteiger partial charge in [0.25, 0.3) is 0 Å². The Hall–Kier alpha value is -3.39. The second-order valence-corrected chi connectivity index (χ2v) is 7.27. The average Bonchev–Trinajstić information content (AvgIpc) is 3.16. The van der Waals surface area contributed by atoms with Crippen LogP contribution in [0.4, 0.5) is 5.69 Å². The molecule has 8 heteroatoms. The molecule has 4 rings (SSSR count). The number of carbonyl (C=O) groups excluding carboxylic acids is 1. The van der Waals surface area contributed by atoms with Crippen LogP contribution in [0.25, 0.3) is 16.9 Å². The van der Waals surface area contributed by atoms with Gasteiger partial charge < -0.3 is 10.1 Å². The monoisotopic (exact) mass is 405 g/mol. The number of hydrogen-bond donors (Lipinski definition) is 1. The molecule has 0 saturated carbocycles. The van der Waals surface area contributed by atoms with E-state index in [4.69, 9.17) is 4.74 Å². The van der Waals surface area contributed by atoms with E-state index in [1.54, 1.807) is 11.6 Å². The van der Waals surface area contributed by atoms with Crippen molar-refractivity contribution in [3.8, 4) is 17.0 Å². The number of amides is 1. The third-order valence-electron chi connectivity index (χ3n) is 4.37. The van der Waals surface area contributed by atoms with Gasteiger partial charge in [-0.15, -0.1) is 10.2 Å². The first-order valence-electron chi connectivity index (χ1n) is 9.00. The standard InChI is InChI=1S/C21H19N5O2S/c1-14-7-3-5-9-16(14)22-20(27)13-29-21-24-23-19-12-11-17(25-26(19)21)15-8-4-6-10-18(15)28-2/h3-12H,13H2,1-2H3,(H,22,27). The fourth-order valence-electron chi connectivity index (χ4n) is 2.89. The van der Waals surface area contributed by atoms with Gasteiger partial charge in [-0.25, -0.2) is 0 Å². The molecule has 0 radical (unpaired) electrons. The van der Waals surface area contributed by atoms with Gasteiger partial charge in [-0.1, -0.05) is 42.1 Å². The summed E-state index contributed by atoms with van der Waals surface area (Å²) >= 11 is 1.29. The molecule has 2 aromatic carbocycles. The van der Waals surface area contributed by atoms with Crippen molar-refractivity contribution in [2.45, 2.75) is 12.1 Å². The van der Waals surface area contributed by atoms with Gasteiger partial charge in [-0.2, -0.15) is 9.61 Å². The molecule has 0 aliphatic rings. The van der Waals surface area contributed by atoms with Crippen molar-refractivity contribution in [2.24, 2.45) is 0 Å². The topological polar surface area (TPSA) is 81.4 Å². The van der Waals surface area contributed by atoms with Gasteiger partial charge in [-0.3, -0.25) is 4.79 Å². The number of methoxy groups -OCH3 is 1. The minimum Gasteiger partial charge on any atom is -0.496 e. The molecule has 0 fully saturated rings. The lowest BCUT2D eigenvalue weighted by atomic mass is 10.1. The molecule has 4 aromatic rings. The maximum Gasteiger partial charge on any atom is 0.234 e. The van der Waals surface area contributed by atoms with Crippen molar-refractivity contribution >= 4 is 29.0 Å². The van der Waals surface area contributed by atoms with Crippen molar-refractivity contribution < 1.29 is 9.53 Å². The van der Waals surface area contributed by atoms with Crippen LogP contribution in [0.5, 0.6) is 5.75 Å². The molecule has 0 aliphatic carbocycles. The highest BCUT2D eigenvalue weighted by atomic mass is 32.2. The molecule has 7 nitrogen and oxygen atoms in total. The number of hydrogen-bond acceptors (Lipinski definition) is 6. The predicted octanol–water partition coefficient (Wildman–Crippen LogP) is 3.84. The largest absolute Gasteiger partial charge is 0.496 e. The highest BCUT2D eigenvalue weighted by molar-refractivity contribution is 7.99. The molecule has 1 amide bonds. The first-order valence-corrected chi connectivity index (χ1v) is 9.98. The van der Waals surface area contributed by atoms with Crippen LogP contribution in [0, 0.1) is 6.92 Å². The van der Waals surface area contributed by atoms with Crippen LogP contribution >= 0.6 is 11.8 Å². The van der Waals surface area contributed by atoms with Crippen LogP contribution in [0.2, 0.25) is 0 Å². The molecular weight excluding hydrogens is 386 g/mol. The first-order chi connectivity index (χ1) is 14.2. The van der Waals surface area contributed by atoms with E-state index in [9.17, 15) is 4.79 Å². The van der Waals surface area contributed by atoms with E-state index in [-0.39, 0.29) is 11.7 Å². The maximum atomic E-state index is 12.3. The van der Waals surface area contributed by atoms with Gasteiger partial charge >= 0.3 is 0 Å². The lowest BCUT2D eigenvalue weighted by molar-refractivity contribution is -0.113. The Balaban J connectivity index is 1.54. The number of para-hydroxylation sites is 2. The number of thioether (sulfide) groups is 1. The molecular formula is C21H19N5O2S. The molecule has 0 unspecified atom stereocenters. The number of nitrogens with one attached hydrogen (secondary N) is 1. The van der Waals surface area contributed by atoms with E-state index in [1.165, 1.54) is 11.8 Å². The zero-order valence-electron chi connectivity index (χ0n) is 16.0. The fraction of sp³-hybridized carbons (Fsp3) is 0.143. The van der Waals surface area contributed by atoms with Crippen LogP contribution in [-0.4, -0.2) is 38.6 Å². The van der Waals surface area contributed by atoms with Crippen LogP contribution in [0.3, 0.4) is 0 Å². The van der Waals surface area contributed by atoms with E-state index in [1.807, 2.05) is 67.6 Å². The minimum absolute atomic E-state index is 0.109. The Bertz CT molecular complexity index is 1170. The highest BCUT2D eigenvalue weighted by Gasteiger charge is 2.13. The van der Waals surface area contributed by atoms with Crippen LogP contribution in [0.15, 0.2) is 65.8 Å². The number of aromatic nitrogens is 4. The lowest BCUT2D eigenvalue weighted by Crippen LogP contribution is -2.15. The summed E-state index contributed by atoms with van der Waals surface area (Å²) in [5.41, 5.74) is 4.05. The molecule has 2 heterocycles. The van der Waals surface area contributed by atoms with Gasteiger partial charge in [0.15, 0.2) is 5.65 Å². The van der Waals surface area contributed by atoms with Gasteiger partial charge in [-0.05, 0) is 42.8 Å². The van der Waals surface area contributed by atoms with E-state index in [0.29, 0.717) is 10.8 Å². The summed E-state index contributed by atoms with van der Waals surface area (Å²) in [5, 5.41) is 16.4. The van der Waals surface area contributed by atoms with Crippen molar-refractivity contribution in [1.82, 2.24) is 19.8 Å². The van der Waals surface area contributed by atoms with Crippen molar-refractivity contribution in [3.05, 3.63) is 66.2 Å². The van der Waals surface area contributed by atoms with E-state index < -0.39 is 0 Å². The van der Waals surface area contributed by atoms with Crippen LogP contribution < -0.4 is 10.1 Å². The summed E-state index contributed by atoms with van der Waals surface area (Å²) < 4.78 is 7.08. The SMILES string of the molecule is COc1ccccc1-c1ccc2nnc(SCC(=O)Nc3ccccc3C)n2n1. The molecule has 0 atom stereocenters. The smallest absolute Gasteiger partial charge is 0.234 e. The molecule has 0 aliphatic heterocycles. The maximum absolute atomic E-state index is 12.3. The highest BCUT2D eigenvalue weighted by Crippen LogP contribution is 2.28. The predicted molar refractivity (Wildman–Crippen MR) is 113 cm³/mol. The van der Waals surface area contributed by atoms with Gasteiger partial charge in [0.05, 0.1) is 18.6 Å². The van der Waals surface area contributed by atoms with Crippen molar-refractivity contribution in [2.75, 3.05) is 18.2 Å². The molecule has 2 aromatic heterocycles. The number of rotatable bonds is 6. The molecule has 29 heavy (non-hydrogen) atoms. The number of anilines is 1. The summed E-state index contributed by atoms with van der Waals surface area (Å²) in [6.45, 7) is 1.96. The zero-order valence-corrected chi connectivity index (χ0v) is 16.8. The average molecular weight is 405 g/mol. The van der Waals surface area contributed by atoms with Gasteiger partial charge in [0.2, 0.25) is 11.1 Å². The first kappa shape index (κ1) is 18.9. The van der Waals surface area contributed by atoms with Crippen molar-refractivity contribution in [1.29, 1.82) is 0 Å². The number of ether oxygens (including phenoxy) is 1. The lowest BCUT2D eigenvalue weighted by Gasteiger charge is -2.08. The number of fused-ring (bicyclic) bond motifs is 1. The summed E-state index contributed by atoms with van der Waals surface area (Å²) in [7, 11) is 1.63. The zero-order chi connectivity index (χ0) is 20.2. The number of nitrogens with zero attached hydrogens (tertiary/aromatic N) is 4. The Morgan fingerprint density at radius 3 is 2.69 bits per heavy atom. The quantitative estimate of drug-likeness (QED) is 0.491. The summed E-state index contributed by atoms with van der Waals surface area (Å²) in [6.07, 6.45) is 0. The Kier molecular flexibility index (Phi) is 5.44. The van der Waals surface area contributed by atoms with E-state index in [0.717, 1.165) is 28.3 Å². The van der Waals surface area contributed by atoms with Gasteiger partial charge in [0, 0.05) is 11.3 Å². The summed E-state index contributed by atoms with van der Waals surface area (Å²) in [6, 6.07) is 19.1. The molecule has 0 bridgehead atoms. The third-order valence-corrected chi connectivity index (χ3v) is 5.29. The second kappa shape index (κ2) is 8.32. The summed E-state index contributed by atoms with van der Waals surface area (Å²) in [5.74, 6) is 0.830. The van der Waals surface area contributed by atoms with E-state index >= 15 is 0 Å². The van der Waals surface area contributed by atoms with E-state index in [2.05, 4.69) is 20.6 Å². The number of aryl methyl sites for hydroxylation is 1. The summed E-state index contributed by atoms with van der Waals surface area (Å²) in [4.78, 5) is 12.3. The fourth-order valence-corrected chi connectivity index (χ4v) is 3.58. The molecule has 0 spiro atoms. The third kappa shape index (κ3) is 4.07. The number of carbonyl (C=O) groups is 1. The normalized spacial score (nSPS) is 10.8. The Morgan fingerprint density at radius 1 is 1.07 bits per heavy atom. The number of benzene rings is 2. The van der Waals surface area contributed by atoms with Crippen molar-refractivity contribution in [3.63, 3.8) is 0 Å². The Labute approximate surface area is 172 Å².